The van der Waals surface area contributed by atoms with Gasteiger partial charge in [-0.05, 0) is 31.0 Å². The molecule has 2 fully saturated rings. The maximum atomic E-state index is 14.8. The molecule has 5 unspecified atom stereocenters. The molecule has 0 bridgehead atoms. The lowest BCUT2D eigenvalue weighted by Crippen LogP contribution is -2.48. The number of piperidine rings is 1. The Kier molecular flexibility index (Phi) is 7.34. The van der Waals surface area contributed by atoms with Crippen molar-refractivity contribution in [1.29, 1.82) is 0 Å². The van der Waals surface area contributed by atoms with E-state index in [2.05, 4.69) is 10.1 Å². The molecule has 3 heterocycles. The maximum Gasteiger partial charge on any atom is 0.459 e. The molecule has 2 aliphatic rings. The summed E-state index contributed by atoms with van der Waals surface area (Å²) in [5.74, 6) is -4.05. The van der Waals surface area contributed by atoms with E-state index in [-0.39, 0.29) is 11.7 Å². The van der Waals surface area contributed by atoms with Gasteiger partial charge in [-0.3, -0.25) is 13.9 Å². The average molecular weight is 514 g/mol. The first-order chi connectivity index (χ1) is 16.6. The number of amides is 1. The summed E-state index contributed by atoms with van der Waals surface area (Å²) < 4.78 is 59.9. The molecule has 2 saturated heterocycles. The number of likely N-dealkylation sites (N-methyl/N-ethyl adjacent to an activating group) is 1. The third-order valence-electron chi connectivity index (χ3n) is 5.72. The van der Waals surface area contributed by atoms with Gasteiger partial charge >= 0.3 is 19.4 Å². The third kappa shape index (κ3) is 5.44. The molecular weight excluding hydrogens is 489 g/mol. The van der Waals surface area contributed by atoms with E-state index < -0.39 is 50.4 Å². The summed E-state index contributed by atoms with van der Waals surface area (Å²) in [6, 6.07) is 8.34. The van der Waals surface area contributed by atoms with Crippen LogP contribution in [0.4, 0.5) is 8.78 Å². The molecule has 0 saturated carbocycles. The lowest BCUT2D eigenvalue weighted by atomic mass is 10.1. The number of hydrogen-bond acceptors (Lipinski definition) is 8. The van der Waals surface area contributed by atoms with E-state index in [1.165, 1.54) is 23.1 Å². The number of hydrogen-bond donors (Lipinski definition) is 2. The number of halogens is 2. The van der Waals surface area contributed by atoms with Crippen LogP contribution in [0.5, 0.6) is 5.75 Å². The van der Waals surface area contributed by atoms with Crippen molar-refractivity contribution in [2.45, 2.75) is 43.2 Å². The number of likely N-dealkylation sites (tertiary alicyclic amines) is 1. The van der Waals surface area contributed by atoms with Crippen LogP contribution in [-0.2, 0) is 18.6 Å². The van der Waals surface area contributed by atoms with E-state index in [9.17, 15) is 28.0 Å². The third-order valence-corrected chi connectivity index (χ3v) is 7.29. The summed E-state index contributed by atoms with van der Waals surface area (Å²) in [6.45, 7) is -0.246. The van der Waals surface area contributed by atoms with Gasteiger partial charge in [-0.2, -0.15) is 13.9 Å². The summed E-state index contributed by atoms with van der Waals surface area (Å²) in [6.07, 6.45) is -3.00. The zero-order valence-corrected chi connectivity index (χ0v) is 19.6. The summed E-state index contributed by atoms with van der Waals surface area (Å²) in [4.78, 5) is 29.3. The van der Waals surface area contributed by atoms with Crippen LogP contribution >= 0.6 is 7.75 Å². The van der Waals surface area contributed by atoms with Crippen molar-refractivity contribution in [1.82, 2.24) is 19.5 Å². The quantitative estimate of drug-likeness (QED) is 0.504. The van der Waals surface area contributed by atoms with Crippen molar-refractivity contribution in [2.75, 3.05) is 20.2 Å². The molecule has 2 aliphatic heterocycles. The smallest absolute Gasteiger partial charge is 0.413 e. The Hall–Kier alpha value is -2.70. The summed E-state index contributed by atoms with van der Waals surface area (Å²) in [7, 11) is -2.71. The standard InChI is InChI=1S/C21H25F2N4O7P/c1-26-11-5-9-15(18(26)29)25-35(31,34-14-7-3-2-4-8-14)32-13-16-17(28)21(22,23)19(33-16)27-12-6-10-24-20(27)30/h2-4,6-8,10,12,15-17,19,28H,5,9,11,13H2,1H3,(H,25,31). The number of aliphatic hydroxyl groups is 1. The molecule has 5 atom stereocenters. The second-order valence-electron chi connectivity index (χ2n) is 8.24. The van der Waals surface area contributed by atoms with Crippen molar-refractivity contribution in [3.63, 3.8) is 0 Å². The second-order valence-corrected chi connectivity index (χ2v) is 9.93. The molecule has 0 aliphatic carbocycles. The lowest BCUT2D eigenvalue weighted by Gasteiger charge is -2.32. The highest BCUT2D eigenvalue weighted by atomic mass is 31.2. The highest BCUT2D eigenvalue weighted by Crippen LogP contribution is 2.48. The van der Waals surface area contributed by atoms with Crippen LogP contribution in [0.15, 0.2) is 53.6 Å². The number of rotatable bonds is 8. The Morgan fingerprint density at radius 2 is 2.03 bits per heavy atom. The zero-order valence-electron chi connectivity index (χ0n) is 18.7. The molecule has 1 aromatic carbocycles. The number of nitrogens with zero attached hydrogens (tertiary/aromatic N) is 3. The number of nitrogens with one attached hydrogen (secondary N) is 1. The van der Waals surface area contributed by atoms with Gasteiger partial charge in [-0.25, -0.2) is 14.3 Å². The van der Waals surface area contributed by atoms with Crippen LogP contribution < -0.4 is 15.3 Å². The van der Waals surface area contributed by atoms with Crippen LogP contribution in [0.3, 0.4) is 0 Å². The van der Waals surface area contributed by atoms with Gasteiger partial charge in [0.2, 0.25) is 12.1 Å². The van der Waals surface area contributed by atoms with E-state index >= 15 is 0 Å². The molecular formula is C21H25F2N4O7P. The number of carbonyl (C=O) groups is 1. The van der Waals surface area contributed by atoms with Crippen molar-refractivity contribution in [2.24, 2.45) is 0 Å². The molecule has 1 aromatic heterocycles. The first-order valence-electron chi connectivity index (χ1n) is 10.9. The van der Waals surface area contributed by atoms with E-state index in [4.69, 9.17) is 13.8 Å². The fourth-order valence-corrected chi connectivity index (χ4v) is 5.42. The number of carbonyl (C=O) groups excluding carboxylic acids is 1. The molecule has 190 valence electrons. The molecule has 14 heteroatoms. The van der Waals surface area contributed by atoms with Gasteiger partial charge in [0, 0.05) is 26.0 Å². The van der Waals surface area contributed by atoms with Crippen molar-refractivity contribution in [3.05, 3.63) is 59.3 Å². The monoisotopic (exact) mass is 514 g/mol. The SMILES string of the molecule is CN1CCCC(NP(=O)(OCC2OC(n3cccnc3=O)C(F)(F)C2O)Oc2ccccc2)C1=O. The van der Waals surface area contributed by atoms with E-state index in [0.717, 1.165) is 12.4 Å². The van der Waals surface area contributed by atoms with Crippen LogP contribution in [0.2, 0.25) is 0 Å². The molecule has 0 spiro atoms. The highest BCUT2D eigenvalue weighted by molar-refractivity contribution is 7.52. The highest BCUT2D eigenvalue weighted by Gasteiger charge is 2.60. The first-order valence-corrected chi connectivity index (χ1v) is 12.4. The topological polar surface area (TPSA) is 132 Å². The van der Waals surface area contributed by atoms with E-state index in [1.54, 1.807) is 25.2 Å². The minimum absolute atomic E-state index is 0.151. The zero-order chi connectivity index (χ0) is 25.2. The number of aromatic nitrogens is 2. The number of aliphatic hydroxyl groups excluding tert-OH is 1. The number of benzene rings is 1. The summed E-state index contributed by atoms with van der Waals surface area (Å²) >= 11 is 0. The fraction of sp³-hybridized carbons (Fsp3) is 0.476. The Morgan fingerprint density at radius 1 is 1.29 bits per heavy atom. The molecule has 35 heavy (non-hydrogen) atoms. The molecule has 4 rings (SSSR count). The van der Waals surface area contributed by atoms with Gasteiger partial charge < -0.3 is 19.3 Å². The van der Waals surface area contributed by atoms with Crippen LogP contribution in [-0.4, -0.2) is 69.8 Å². The van der Waals surface area contributed by atoms with Gasteiger partial charge in [0.15, 0.2) is 6.10 Å². The molecule has 0 radical (unpaired) electrons. The Labute approximate surface area is 199 Å². The molecule has 2 N–H and O–H groups in total. The Balaban J connectivity index is 1.53. The predicted molar refractivity (Wildman–Crippen MR) is 118 cm³/mol. The van der Waals surface area contributed by atoms with Gasteiger partial charge in [-0.1, -0.05) is 18.2 Å². The molecule has 2 aromatic rings. The Morgan fingerprint density at radius 3 is 2.74 bits per heavy atom. The summed E-state index contributed by atoms with van der Waals surface area (Å²) in [5, 5.41) is 12.8. The van der Waals surface area contributed by atoms with Crippen molar-refractivity contribution >= 4 is 13.7 Å². The predicted octanol–water partition coefficient (Wildman–Crippen LogP) is 1.55. The van der Waals surface area contributed by atoms with E-state index in [1.807, 2.05) is 0 Å². The summed E-state index contributed by atoms with van der Waals surface area (Å²) in [5.41, 5.74) is -0.995. The average Bonchev–Trinajstić information content (AvgIpc) is 3.05. The van der Waals surface area contributed by atoms with Crippen molar-refractivity contribution < 1.29 is 37.0 Å². The number of alkyl halides is 2. The van der Waals surface area contributed by atoms with Crippen LogP contribution in [0.1, 0.15) is 19.1 Å². The largest absolute Gasteiger partial charge is 0.459 e. The Bertz CT molecular complexity index is 1150. The number of ether oxygens (including phenoxy) is 1. The van der Waals surface area contributed by atoms with E-state index in [0.29, 0.717) is 24.0 Å². The molecule has 11 nitrogen and oxygen atoms in total. The normalized spacial score (nSPS) is 28.0. The van der Waals surface area contributed by atoms with Gasteiger partial charge in [0.25, 0.3) is 0 Å². The number of para-hydroxylation sites is 1. The fourth-order valence-electron chi connectivity index (χ4n) is 3.88. The minimum Gasteiger partial charge on any atom is -0.413 e. The van der Waals surface area contributed by atoms with Gasteiger partial charge in [0.1, 0.15) is 11.9 Å². The second kappa shape index (κ2) is 10.1. The first kappa shape index (κ1) is 25.4. The van der Waals surface area contributed by atoms with Crippen molar-refractivity contribution in [3.8, 4) is 5.75 Å². The van der Waals surface area contributed by atoms with Gasteiger partial charge in [-0.15, -0.1) is 0 Å². The minimum atomic E-state index is -4.31. The lowest BCUT2D eigenvalue weighted by molar-refractivity contribution is -0.140. The van der Waals surface area contributed by atoms with Crippen LogP contribution in [0, 0.1) is 0 Å². The van der Waals surface area contributed by atoms with Crippen LogP contribution in [0.25, 0.3) is 0 Å². The maximum absolute atomic E-state index is 14.8. The molecule has 1 amide bonds. The van der Waals surface area contributed by atoms with Gasteiger partial charge in [0.05, 0.1) is 12.6 Å².